The van der Waals surface area contributed by atoms with Gasteiger partial charge in [0.15, 0.2) is 0 Å². The number of hydrogen-bond acceptors (Lipinski definition) is 6. The Morgan fingerprint density at radius 3 is 2.48 bits per heavy atom. The van der Waals surface area contributed by atoms with Gasteiger partial charge < -0.3 is 10.3 Å². The number of benzene rings is 3. The van der Waals surface area contributed by atoms with Gasteiger partial charge >= 0.3 is 0 Å². The minimum atomic E-state index is -0.820. The molecule has 10 heteroatoms. The average Bonchev–Trinajstić information content (AvgIpc) is 3.19. The monoisotopic (exact) mass is 417 g/mol. The Hall–Kier alpha value is -4.60. The van der Waals surface area contributed by atoms with E-state index in [1.165, 1.54) is 0 Å². The molecule has 0 radical (unpaired) electrons. The number of hydrogen-bond donors (Lipinski definition) is 2. The van der Waals surface area contributed by atoms with Gasteiger partial charge in [0, 0.05) is 17.3 Å². The SMILES string of the molecule is Cc1ccc(-c2nc3ccccc3[nH]2)cc1NC(=O)c1ccc([N+](=O)[O-])cc1[N+](=O)[O-]. The molecule has 2 N–H and O–H groups in total. The van der Waals surface area contributed by atoms with Crippen molar-refractivity contribution < 1.29 is 14.6 Å². The Balaban J connectivity index is 1.68. The summed E-state index contributed by atoms with van der Waals surface area (Å²) in [5, 5.41) is 24.9. The van der Waals surface area contributed by atoms with Gasteiger partial charge in [0.1, 0.15) is 11.4 Å². The van der Waals surface area contributed by atoms with Crippen LogP contribution in [0.5, 0.6) is 0 Å². The van der Waals surface area contributed by atoms with E-state index in [1.807, 2.05) is 30.3 Å². The molecule has 0 aliphatic rings. The molecule has 0 saturated heterocycles. The van der Waals surface area contributed by atoms with Crippen molar-refractivity contribution in [3.63, 3.8) is 0 Å². The van der Waals surface area contributed by atoms with Crippen LogP contribution in [0, 0.1) is 27.2 Å². The van der Waals surface area contributed by atoms with Gasteiger partial charge in [-0.05, 0) is 36.8 Å². The van der Waals surface area contributed by atoms with E-state index in [0.717, 1.165) is 40.4 Å². The number of nitrogens with one attached hydrogen (secondary N) is 2. The van der Waals surface area contributed by atoms with Crippen molar-refractivity contribution in [1.29, 1.82) is 0 Å². The third-order valence-corrected chi connectivity index (χ3v) is 4.78. The number of H-pyrrole nitrogens is 1. The van der Waals surface area contributed by atoms with E-state index in [4.69, 9.17) is 0 Å². The van der Waals surface area contributed by atoms with Crippen LogP contribution in [-0.4, -0.2) is 25.7 Å². The first kappa shape index (κ1) is 19.7. The summed E-state index contributed by atoms with van der Waals surface area (Å²) >= 11 is 0. The fourth-order valence-electron chi connectivity index (χ4n) is 3.16. The van der Waals surface area contributed by atoms with Crippen molar-refractivity contribution in [3.8, 4) is 11.4 Å². The molecule has 4 aromatic rings. The molecule has 0 aliphatic heterocycles. The fraction of sp³-hybridized carbons (Fsp3) is 0.0476. The Morgan fingerprint density at radius 2 is 1.77 bits per heavy atom. The van der Waals surface area contributed by atoms with Crippen LogP contribution in [0.2, 0.25) is 0 Å². The molecule has 1 aromatic heterocycles. The number of aryl methyl sites for hydroxylation is 1. The molecule has 0 unspecified atom stereocenters. The van der Waals surface area contributed by atoms with Crippen molar-refractivity contribution in [3.05, 3.63) is 92.0 Å². The molecule has 10 nitrogen and oxygen atoms in total. The standard InChI is InChI=1S/C21H15N5O5/c1-12-6-7-13(20-22-16-4-2-3-5-17(16)23-20)10-18(12)24-21(27)15-9-8-14(25(28)29)11-19(15)26(30)31/h2-11H,1H3,(H,22,23)(H,24,27). The Bertz CT molecular complexity index is 1330. The van der Waals surface area contributed by atoms with Gasteiger partial charge in [-0.2, -0.15) is 0 Å². The van der Waals surface area contributed by atoms with Crippen LogP contribution < -0.4 is 5.32 Å². The number of amides is 1. The highest BCUT2D eigenvalue weighted by molar-refractivity contribution is 6.07. The van der Waals surface area contributed by atoms with Crippen molar-refractivity contribution >= 4 is 34.0 Å². The van der Waals surface area contributed by atoms with Gasteiger partial charge in [-0.25, -0.2) is 4.98 Å². The first-order valence-corrected chi connectivity index (χ1v) is 9.13. The number of aromatic nitrogens is 2. The van der Waals surface area contributed by atoms with E-state index in [0.29, 0.717) is 11.5 Å². The van der Waals surface area contributed by atoms with Gasteiger partial charge in [-0.1, -0.05) is 24.3 Å². The number of carbonyl (C=O) groups is 1. The fourth-order valence-corrected chi connectivity index (χ4v) is 3.16. The van der Waals surface area contributed by atoms with E-state index in [2.05, 4.69) is 15.3 Å². The number of non-ortho nitro benzene ring substituents is 1. The number of carbonyl (C=O) groups excluding carboxylic acids is 1. The van der Waals surface area contributed by atoms with Gasteiger partial charge in [0.25, 0.3) is 17.3 Å². The van der Waals surface area contributed by atoms with Crippen LogP contribution in [0.15, 0.2) is 60.7 Å². The van der Waals surface area contributed by atoms with E-state index < -0.39 is 27.1 Å². The third kappa shape index (κ3) is 3.81. The number of nitrogens with zero attached hydrogens (tertiary/aromatic N) is 3. The zero-order valence-electron chi connectivity index (χ0n) is 16.2. The number of rotatable bonds is 5. The van der Waals surface area contributed by atoms with Crippen LogP contribution in [0.1, 0.15) is 15.9 Å². The number of anilines is 1. The van der Waals surface area contributed by atoms with Crippen molar-refractivity contribution in [2.45, 2.75) is 6.92 Å². The maximum atomic E-state index is 12.8. The maximum Gasteiger partial charge on any atom is 0.289 e. The summed E-state index contributed by atoms with van der Waals surface area (Å²) in [7, 11) is 0. The number of aromatic amines is 1. The molecule has 31 heavy (non-hydrogen) atoms. The van der Waals surface area contributed by atoms with Gasteiger partial charge in [-0.15, -0.1) is 0 Å². The largest absolute Gasteiger partial charge is 0.338 e. The van der Waals surface area contributed by atoms with Gasteiger partial charge in [-0.3, -0.25) is 25.0 Å². The highest BCUT2D eigenvalue weighted by Crippen LogP contribution is 2.28. The van der Waals surface area contributed by atoms with Crippen molar-refractivity contribution in [2.24, 2.45) is 0 Å². The van der Waals surface area contributed by atoms with Crippen molar-refractivity contribution in [2.75, 3.05) is 5.32 Å². The molecule has 1 amide bonds. The number of nitro groups is 2. The minimum absolute atomic E-state index is 0.274. The summed E-state index contributed by atoms with van der Waals surface area (Å²) in [6.45, 7) is 1.78. The second kappa shape index (κ2) is 7.67. The average molecular weight is 417 g/mol. The lowest BCUT2D eigenvalue weighted by molar-refractivity contribution is -0.394. The number of nitro benzene ring substituents is 2. The Labute approximate surface area is 174 Å². The molecule has 154 valence electrons. The Morgan fingerprint density at radius 1 is 1.00 bits per heavy atom. The second-order valence-corrected chi connectivity index (χ2v) is 6.80. The molecular formula is C21H15N5O5. The van der Waals surface area contributed by atoms with E-state index in [1.54, 1.807) is 19.1 Å². The molecular weight excluding hydrogens is 402 g/mol. The van der Waals surface area contributed by atoms with Crippen LogP contribution in [0.4, 0.5) is 17.1 Å². The van der Waals surface area contributed by atoms with Crippen LogP contribution in [-0.2, 0) is 0 Å². The lowest BCUT2D eigenvalue weighted by Gasteiger charge is -2.10. The van der Waals surface area contributed by atoms with Crippen LogP contribution in [0.25, 0.3) is 22.4 Å². The molecule has 0 fully saturated rings. The first-order valence-electron chi connectivity index (χ1n) is 9.13. The molecule has 0 saturated carbocycles. The lowest BCUT2D eigenvalue weighted by atomic mass is 10.1. The first-order chi connectivity index (χ1) is 14.8. The zero-order chi connectivity index (χ0) is 22.1. The molecule has 0 aliphatic carbocycles. The van der Waals surface area contributed by atoms with Crippen molar-refractivity contribution in [1.82, 2.24) is 9.97 Å². The molecule has 4 rings (SSSR count). The molecule has 0 spiro atoms. The summed E-state index contributed by atoms with van der Waals surface area (Å²) in [4.78, 5) is 41.2. The van der Waals surface area contributed by atoms with Gasteiger partial charge in [0.05, 0.1) is 26.9 Å². The quantitative estimate of drug-likeness (QED) is 0.358. The second-order valence-electron chi connectivity index (χ2n) is 6.80. The van der Waals surface area contributed by atoms with Gasteiger partial charge in [0.2, 0.25) is 0 Å². The summed E-state index contributed by atoms with van der Waals surface area (Å²) in [5.74, 6) is -0.135. The van der Waals surface area contributed by atoms with Crippen LogP contribution in [0.3, 0.4) is 0 Å². The lowest BCUT2D eigenvalue weighted by Crippen LogP contribution is -2.15. The van der Waals surface area contributed by atoms with E-state index in [9.17, 15) is 25.0 Å². The summed E-state index contributed by atoms with van der Waals surface area (Å²) in [6, 6.07) is 15.8. The summed E-state index contributed by atoms with van der Waals surface area (Å²) in [5.41, 5.74) is 2.17. The number of fused-ring (bicyclic) bond motifs is 1. The topological polar surface area (TPSA) is 144 Å². The predicted octanol–water partition coefficient (Wildman–Crippen LogP) is 4.61. The predicted molar refractivity (Wildman–Crippen MR) is 114 cm³/mol. The smallest absolute Gasteiger partial charge is 0.289 e. The normalized spacial score (nSPS) is 10.7. The minimum Gasteiger partial charge on any atom is -0.338 e. The highest BCUT2D eigenvalue weighted by Gasteiger charge is 2.24. The molecule has 3 aromatic carbocycles. The molecule has 1 heterocycles. The molecule has 0 bridgehead atoms. The summed E-state index contributed by atoms with van der Waals surface area (Å²) < 4.78 is 0. The third-order valence-electron chi connectivity index (χ3n) is 4.78. The number of imidazole rings is 1. The number of para-hydroxylation sites is 2. The summed E-state index contributed by atoms with van der Waals surface area (Å²) in [6.07, 6.45) is 0. The Kier molecular flexibility index (Phi) is 4.88. The maximum absolute atomic E-state index is 12.8. The zero-order valence-corrected chi connectivity index (χ0v) is 16.2. The van der Waals surface area contributed by atoms with E-state index >= 15 is 0 Å². The van der Waals surface area contributed by atoms with Crippen LogP contribution >= 0.6 is 0 Å². The van der Waals surface area contributed by atoms with E-state index in [-0.39, 0.29) is 5.56 Å². The highest BCUT2D eigenvalue weighted by atomic mass is 16.6. The molecule has 0 atom stereocenters.